The van der Waals surface area contributed by atoms with E-state index in [1.807, 2.05) is 81.4 Å². The summed E-state index contributed by atoms with van der Waals surface area (Å²) in [6.45, 7) is 6.85. The van der Waals surface area contributed by atoms with Crippen molar-refractivity contribution in [3.05, 3.63) is 98.5 Å². The number of benzene rings is 3. The van der Waals surface area contributed by atoms with Gasteiger partial charge < -0.3 is 9.47 Å². The molecule has 0 fully saturated rings. The van der Waals surface area contributed by atoms with Gasteiger partial charge in [-0.25, -0.2) is 4.98 Å². The van der Waals surface area contributed by atoms with Crippen LogP contribution in [-0.2, 0) is 6.61 Å². The SMILES string of the molecule is CCOc1cc(C=Nn2c(C(C)C)nc3ccc(Br)cc3c2=O)ccc1OCc1ccccc1. The van der Waals surface area contributed by atoms with Crippen LogP contribution in [0.15, 0.2) is 81.1 Å². The van der Waals surface area contributed by atoms with E-state index in [-0.39, 0.29) is 11.5 Å². The smallest absolute Gasteiger partial charge is 0.282 e. The van der Waals surface area contributed by atoms with Crippen LogP contribution in [0.1, 0.15) is 43.6 Å². The van der Waals surface area contributed by atoms with E-state index in [4.69, 9.17) is 9.47 Å². The van der Waals surface area contributed by atoms with E-state index < -0.39 is 0 Å². The molecule has 7 heteroatoms. The van der Waals surface area contributed by atoms with Crippen LogP contribution in [0.4, 0.5) is 0 Å². The molecule has 0 saturated carbocycles. The maximum atomic E-state index is 13.2. The van der Waals surface area contributed by atoms with Gasteiger partial charge in [0.25, 0.3) is 5.56 Å². The van der Waals surface area contributed by atoms with Crippen molar-refractivity contribution in [3.63, 3.8) is 0 Å². The van der Waals surface area contributed by atoms with Crippen LogP contribution < -0.4 is 15.0 Å². The van der Waals surface area contributed by atoms with Crippen LogP contribution in [0.25, 0.3) is 10.9 Å². The zero-order chi connectivity index (χ0) is 24.1. The van der Waals surface area contributed by atoms with Gasteiger partial charge in [0.1, 0.15) is 12.4 Å². The molecule has 0 aliphatic rings. The first-order valence-corrected chi connectivity index (χ1v) is 12.0. The second-order valence-electron chi connectivity index (χ2n) is 8.06. The highest BCUT2D eigenvalue weighted by Gasteiger charge is 2.14. The topological polar surface area (TPSA) is 65.7 Å². The van der Waals surface area contributed by atoms with Gasteiger partial charge >= 0.3 is 0 Å². The second-order valence-corrected chi connectivity index (χ2v) is 8.98. The first kappa shape index (κ1) is 23.7. The molecule has 0 aliphatic carbocycles. The summed E-state index contributed by atoms with van der Waals surface area (Å²) in [5.74, 6) is 1.90. The number of halogens is 1. The summed E-state index contributed by atoms with van der Waals surface area (Å²) in [5.41, 5.74) is 2.30. The minimum atomic E-state index is -0.209. The minimum Gasteiger partial charge on any atom is -0.490 e. The summed E-state index contributed by atoms with van der Waals surface area (Å²) in [5, 5.41) is 5.02. The molecule has 0 unspecified atom stereocenters. The Morgan fingerprint density at radius 2 is 1.82 bits per heavy atom. The molecule has 3 aromatic carbocycles. The number of fused-ring (bicyclic) bond motifs is 1. The highest BCUT2D eigenvalue weighted by molar-refractivity contribution is 9.10. The summed E-state index contributed by atoms with van der Waals surface area (Å²) in [6.07, 6.45) is 1.64. The molecule has 0 atom stereocenters. The molecule has 0 bridgehead atoms. The second kappa shape index (κ2) is 10.7. The van der Waals surface area contributed by atoms with Crippen molar-refractivity contribution in [1.29, 1.82) is 0 Å². The van der Waals surface area contributed by atoms with Gasteiger partial charge in [0.2, 0.25) is 0 Å². The highest BCUT2D eigenvalue weighted by atomic mass is 79.9. The van der Waals surface area contributed by atoms with Crippen molar-refractivity contribution < 1.29 is 9.47 Å². The maximum Gasteiger partial charge on any atom is 0.282 e. The molecule has 4 rings (SSSR count). The number of hydrogen-bond donors (Lipinski definition) is 0. The number of rotatable bonds is 8. The standard InChI is InChI=1S/C27H26BrN3O3/c1-4-33-25-14-20(10-13-24(25)34-17-19-8-6-5-7-9-19)16-29-31-26(18(2)3)30-23-12-11-21(28)15-22(23)27(31)32/h5-16,18H,4,17H2,1-3H3. The van der Waals surface area contributed by atoms with Crippen molar-refractivity contribution in [3.8, 4) is 11.5 Å². The predicted octanol–water partition coefficient (Wildman–Crippen LogP) is 6.14. The summed E-state index contributed by atoms with van der Waals surface area (Å²) < 4.78 is 14.0. The monoisotopic (exact) mass is 519 g/mol. The third kappa shape index (κ3) is 5.37. The van der Waals surface area contributed by atoms with Crippen LogP contribution in [0, 0.1) is 0 Å². The Morgan fingerprint density at radius 1 is 1.03 bits per heavy atom. The van der Waals surface area contributed by atoms with Gasteiger partial charge in [-0.2, -0.15) is 9.78 Å². The Bertz CT molecular complexity index is 1380. The fraction of sp³-hybridized carbons (Fsp3) is 0.222. The van der Waals surface area contributed by atoms with Gasteiger partial charge in [0.05, 0.1) is 23.7 Å². The molecule has 4 aromatic rings. The Balaban J connectivity index is 1.66. The number of hydrogen-bond acceptors (Lipinski definition) is 5. The van der Waals surface area contributed by atoms with Crippen molar-refractivity contribution >= 4 is 33.0 Å². The molecule has 0 aliphatic heterocycles. The predicted molar refractivity (Wildman–Crippen MR) is 139 cm³/mol. The third-order valence-electron chi connectivity index (χ3n) is 5.18. The molecular weight excluding hydrogens is 494 g/mol. The molecule has 6 nitrogen and oxygen atoms in total. The molecule has 174 valence electrons. The number of ether oxygens (including phenoxy) is 2. The van der Waals surface area contributed by atoms with E-state index in [1.165, 1.54) is 4.68 Å². The molecule has 34 heavy (non-hydrogen) atoms. The van der Waals surface area contributed by atoms with Crippen LogP contribution in [-0.4, -0.2) is 22.5 Å². The van der Waals surface area contributed by atoms with E-state index >= 15 is 0 Å². The zero-order valence-electron chi connectivity index (χ0n) is 19.4. The first-order valence-electron chi connectivity index (χ1n) is 11.2. The summed E-state index contributed by atoms with van der Waals surface area (Å²) >= 11 is 3.43. The Morgan fingerprint density at radius 3 is 2.56 bits per heavy atom. The molecule has 1 aromatic heterocycles. The summed E-state index contributed by atoms with van der Waals surface area (Å²) in [4.78, 5) is 17.9. The zero-order valence-corrected chi connectivity index (χ0v) is 21.0. The van der Waals surface area contributed by atoms with E-state index in [2.05, 4.69) is 26.0 Å². The Hall–Kier alpha value is -3.45. The lowest BCUT2D eigenvalue weighted by molar-refractivity contribution is 0.269. The Labute approximate surface area is 207 Å². The summed E-state index contributed by atoms with van der Waals surface area (Å²) in [6, 6.07) is 21.1. The highest BCUT2D eigenvalue weighted by Crippen LogP contribution is 2.29. The fourth-order valence-electron chi connectivity index (χ4n) is 3.50. The summed E-state index contributed by atoms with van der Waals surface area (Å²) in [7, 11) is 0. The molecule has 0 amide bonds. The lowest BCUT2D eigenvalue weighted by atomic mass is 10.2. The number of nitrogens with zero attached hydrogens (tertiary/aromatic N) is 3. The lowest BCUT2D eigenvalue weighted by Gasteiger charge is -2.13. The first-order chi connectivity index (χ1) is 16.5. The van der Waals surface area contributed by atoms with Crippen LogP contribution in [0.5, 0.6) is 11.5 Å². The van der Waals surface area contributed by atoms with Crippen LogP contribution in [0.3, 0.4) is 0 Å². The lowest BCUT2D eigenvalue weighted by Crippen LogP contribution is -2.23. The van der Waals surface area contributed by atoms with Crippen LogP contribution >= 0.6 is 15.9 Å². The van der Waals surface area contributed by atoms with Gasteiger partial charge in [-0.3, -0.25) is 4.79 Å². The van der Waals surface area contributed by atoms with E-state index in [9.17, 15) is 4.79 Å². The molecule has 0 radical (unpaired) electrons. The largest absolute Gasteiger partial charge is 0.490 e. The van der Waals surface area contributed by atoms with Crippen molar-refractivity contribution in [2.75, 3.05) is 6.61 Å². The molecule has 0 saturated heterocycles. The molecule has 0 N–H and O–H groups in total. The van der Waals surface area contributed by atoms with Crippen molar-refractivity contribution in [2.24, 2.45) is 5.10 Å². The van der Waals surface area contributed by atoms with Crippen molar-refractivity contribution in [2.45, 2.75) is 33.3 Å². The fourth-order valence-corrected chi connectivity index (χ4v) is 3.86. The molecule has 0 spiro atoms. The van der Waals surface area contributed by atoms with E-state index in [0.717, 1.165) is 15.6 Å². The maximum absolute atomic E-state index is 13.2. The third-order valence-corrected chi connectivity index (χ3v) is 5.67. The van der Waals surface area contributed by atoms with Gasteiger partial charge in [-0.15, -0.1) is 0 Å². The van der Waals surface area contributed by atoms with Gasteiger partial charge in [0.15, 0.2) is 11.5 Å². The molecular formula is C27H26BrN3O3. The van der Waals surface area contributed by atoms with E-state index in [0.29, 0.717) is 41.4 Å². The molecule has 1 heterocycles. The van der Waals surface area contributed by atoms with Crippen LogP contribution in [0.2, 0.25) is 0 Å². The van der Waals surface area contributed by atoms with Gasteiger partial charge in [-0.05, 0) is 54.4 Å². The van der Waals surface area contributed by atoms with Gasteiger partial charge in [0, 0.05) is 10.4 Å². The Kier molecular flexibility index (Phi) is 7.43. The number of aromatic nitrogens is 2. The van der Waals surface area contributed by atoms with Crippen molar-refractivity contribution in [1.82, 2.24) is 9.66 Å². The average molecular weight is 520 g/mol. The average Bonchev–Trinajstić information content (AvgIpc) is 2.84. The normalized spacial score (nSPS) is 11.4. The van der Waals surface area contributed by atoms with E-state index in [1.54, 1.807) is 12.3 Å². The minimum absolute atomic E-state index is 0.0191. The quantitative estimate of drug-likeness (QED) is 0.262. The van der Waals surface area contributed by atoms with Gasteiger partial charge in [-0.1, -0.05) is 60.1 Å².